The molecule has 2 aromatic rings. The summed E-state index contributed by atoms with van der Waals surface area (Å²) in [5.41, 5.74) is 1.69. The maximum Gasteiger partial charge on any atom is 0.458 e. The first-order valence-electron chi connectivity index (χ1n) is 8.52. The van der Waals surface area contributed by atoms with Crippen LogP contribution in [-0.4, -0.2) is 35.9 Å². The van der Waals surface area contributed by atoms with Gasteiger partial charge in [-0.1, -0.05) is 29.4 Å². The van der Waals surface area contributed by atoms with E-state index in [1.807, 2.05) is 0 Å². The van der Waals surface area contributed by atoms with Gasteiger partial charge in [0.05, 0.1) is 19.2 Å². The van der Waals surface area contributed by atoms with Gasteiger partial charge in [-0.15, -0.1) is 0 Å². The van der Waals surface area contributed by atoms with Gasteiger partial charge in [0.25, 0.3) is 0 Å². The van der Waals surface area contributed by atoms with Crippen LogP contribution in [0.5, 0.6) is 5.75 Å². The Balaban J connectivity index is 1.52. The summed E-state index contributed by atoms with van der Waals surface area (Å²) in [5.74, 6) is -2.63. The van der Waals surface area contributed by atoms with Crippen molar-refractivity contribution < 1.29 is 32.6 Å². The fourth-order valence-corrected chi connectivity index (χ4v) is 2.58. The molecule has 29 heavy (non-hydrogen) atoms. The molecule has 0 spiro atoms. The van der Waals surface area contributed by atoms with Crippen LogP contribution in [0.25, 0.3) is 0 Å². The number of carbonyl (C=O) groups excluding carboxylic acids is 1. The van der Waals surface area contributed by atoms with Gasteiger partial charge in [0.1, 0.15) is 5.75 Å². The lowest BCUT2D eigenvalue weighted by atomic mass is 10.0. The van der Waals surface area contributed by atoms with Crippen molar-refractivity contribution in [1.82, 2.24) is 5.32 Å². The summed E-state index contributed by atoms with van der Waals surface area (Å²) in [4.78, 5) is 16.2. The van der Waals surface area contributed by atoms with E-state index in [9.17, 15) is 23.1 Å². The fraction of sp³-hybridized carbons (Fsp3) is 0.263. The normalized spacial score (nSPS) is 18.6. The molecule has 0 saturated heterocycles. The third-order valence-corrected chi connectivity index (χ3v) is 4.24. The average Bonchev–Trinajstić information content (AvgIpc) is 3.11. The van der Waals surface area contributed by atoms with E-state index in [-0.39, 0.29) is 12.3 Å². The number of methoxy groups -OCH3 is 1. The molecule has 1 aliphatic rings. The summed E-state index contributed by atoms with van der Waals surface area (Å²) in [6.07, 6.45) is -5.74. The molecule has 1 aliphatic heterocycles. The standard InChI is InChI=1S/C19H18F3N3O4/c1-28-15-8-6-14(7-9-15)24-17(26)23-11-12-2-4-13(5-3-12)16-10-18(27,29-25-16)19(20,21)22/h2-9,27H,10-11H2,1H3,(H2,23,24,26). The van der Waals surface area contributed by atoms with Gasteiger partial charge in [0.2, 0.25) is 0 Å². The van der Waals surface area contributed by atoms with Crippen LogP contribution in [0, 0.1) is 0 Å². The summed E-state index contributed by atoms with van der Waals surface area (Å²) in [5, 5.41) is 18.2. The highest BCUT2D eigenvalue weighted by atomic mass is 19.4. The van der Waals surface area contributed by atoms with Crippen LogP contribution in [0.1, 0.15) is 17.5 Å². The molecule has 1 atom stereocenters. The first-order chi connectivity index (χ1) is 13.7. The lowest BCUT2D eigenvalue weighted by molar-refractivity contribution is -0.355. The highest BCUT2D eigenvalue weighted by Crippen LogP contribution is 2.38. The number of hydrogen-bond donors (Lipinski definition) is 3. The van der Waals surface area contributed by atoms with Crippen LogP contribution < -0.4 is 15.4 Å². The van der Waals surface area contributed by atoms with Gasteiger partial charge in [-0.2, -0.15) is 13.2 Å². The van der Waals surface area contributed by atoms with E-state index in [1.165, 1.54) is 0 Å². The minimum absolute atomic E-state index is 0.0124. The lowest BCUT2D eigenvalue weighted by Gasteiger charge is -2.22. The predicted molar refractivity (Wildman–Crippen MR) is 98.5 cm³/mol. The first-order valence-corrected chi connectivity index (χ1v) is 8.52. The van der Waals surface area contributed by atoms with Crippen LogP contribution >= 0.6 is 0 Å². The van der Waals surface area contributed by atoms with Gasteiger partial charge >= 0.3 is 18.0 Å². The molecular weight excluding hydrogens is 391 g/mol. The van der Waals surface area contributed by atoms with Gasteiger partial charge in [0, 0.05) is 12.2 Å². The SMILES string of the molecule is COc1ccc(NC(=O)NCc2ccc(C3=NOC(O)(C(F)(F)F)C3)cc2)cc1. The van der Waals surface area contributed by atoms with Crippen LogP contribution in [0.4, 0.5) is 23.7 Å². The minimum atomic E-state index is -4.95. The molecule has 1 unspecified atom stereocenters. The van der Waals surface area contributed by atoms with Crippen molar-refractivity contribution in [3.8, 4) is 5.75 Å². The molecule has 2 aromatic carbocycles. The van der Waals surface area contributed by atoms with Crippen molar-refractivity contribution in [2.45, 2.75) is 24.9 Å². The van der Waals surface area contributed by atoms with E-state index in [2.05, 4.69) is 20.6 Å². The van der Waals surface area contributed by atoms with Gasteiger partial charge in [-0.25, -0.2) is 4.79 Å². The Morgan fingerprint density at radius 1 is 1.21 bits per heavy atom. The number of urea groups is 1. The summed E-state index contributed by atoms with van der Waals surface area (Å²) in [6, 6.07) is 12.8. The highest BCUT2D eigenvalue weighted by Gasteiger charge is 2.60. The molecule has 0 bridgehead atoms. The Kier molecular flexibility index (Phi) is 5.64. The van der Waals surface area contributed by atoms with Crippen LogP contribution in [0.15, 0.2) is 53.7 Å². The number of carbonyl (C=O) groups is 1. The summed E-state index contributed by atoms with van der Waals surface area (Å²) >= 11 is 0. The number of nitrogens with one attached hydrogen (secondary N) is 2. The van der Waals surface area contributed by atoms with Gasteiger partial charge < -0.3 is 25.3 Å². The van der Waals surface area contributed by atoms with Crippen molar-refractivity contribution in [2.75, 3.05) is 12.4 Å². The van der Waals surface area contributed by atoms with Crippen molar-refractivity contribution in [3.05, 3.63) is 59.7 Å². The fourth-order valence-electron chi connectivity index (χ4n) is 2.58. The number of oxime groups is 1. The number of halogens is 3. The van der Waals surface area contributed by atoms with Gasteiger partial charge in [-0.05, 0) is 35.4 Å². The number of hydrogen-bond acceptors (Lipinski definition) is 5. The monoisotopic (exact) mass is 409 g/mol. The Hall–Kier alpha value is -3.27. The Labute approximate surface area is 164 Å². The number of amides is 2. The van der Waals surface area contributed by atoms with E-state index < -0.39 is 24.4 Å². The summed E-state index contributed by atoms with van der Waals surface area (Å²) in [7, 11) is 1.54. The topological polar surface area (TPSA) is 92.2 Å². The van der Waals surface area contributed by atoms with Gasteiger partial charge in [0.15, 0.2) is 0 Å². The Bertz CT molecular complexity index is 898. The molecule has 0 aliphatic carbocycles. The summed E-state index contributed by atoms with van der Waals surface area (Å²) in [6.45, 7) is 0.206. The zero-order valence-corrected chi connectivity index (χ0v) is 15.3. The third-order valence-electron chi connectivity index (χ3n) is 4.24. The molecule has 154 valence electrons. The molecule has 0 radical (unpaired) electrons. The maximum absolute atomic E-state index is 12.8. The smallest absolute Gasteiger partial charge is 0.458 e. The predicted octanol–water partition coefficient (Wildman–Crippen LogP) is 3.39. The third kappa shape index (κ3) is 4.77. The number of alkyl halides is 3. The maximum atomic E-state index is 12.8. The van der Waals surface area contributed by atoms with Crippen molar-refractivity contribution >= 4 is 17.4 Å². The van der Waals surface area contributed by atoms with Crippen LogP contribution in [0.2, 0.25) is 0 Å². The zero-order chi connectivity index (χ0) is 21.1. The Morgan fingerprint density at radius 2 is 1.86 bits per heavy atom. The molecule has 1 heterocycles. The number of nitrogens with zero attached hydrogens (tertiary/aromatic N) is 1. The number of ether oxygens (including phenoxy) is 1. The van der Waals surface area contributed by atoms with E-state index in [4.69, 9.17) is 4.74 Å². The van der Waals surface area contributed by atoms with Crippen molar-refractivity contribution in [2.24, 2.45) is 5.16 Å². The minimum Gasteiger partial charge on any atom is -0.497 e. The molecule has 2 amide bonds. The Morgan fingerprint density at radius 3 is 2.41 bits per heavy atom. The van der Waals surface area contributed by atoms with Crippen molar-refractivity contribution in [1.29, 1.82) is 0 Å². The molecule has 0 aromatic heterocycles. The van der Waals surface area contributed by atoms with Crippen molar-refractivity contribution in [3.63, 3.8) is 0 Å². The molecule has 0 saturated carbocycles. The lowest BCUT2D eigenvalue weighted by Crippen LogP contribution is -2.45. The zero-order valence-electron chi connectivity index (χ0n) is 15.3. The molecule has 0 fully saturated rings. The van der Waals surface area contributed by atoms with E-state index in [1.54, 1.807) is 55.6 Å². The average molecular weight is 409 g/mol. The second-order valence-electron chi connectivity index (χ2n) is 6.32. The van der Waals surface area contributed by atoms with E-state index >= 15 is 0 Å². The number of rotatable bonds is 5. The first kappa shape index (κ1) is 20.5. The van der Waals surface area contributed by atoms with Crippen LogP contribution in [-0.2, 0) is 11.4 Å². The summed E-state index contributed by atoms with van der Waals surface area (Å²) < 4.78 is 43.3. The second-order valence-corrected chi connectivity index (χ2v) is 6.32. The van der Waals surface area contributed by atoms with Gasteiger partial charge in [-0.3, -0.25) is 0 Å². The molecule has 10 heteroatoms. The molecule has 3 N–H and O–H groups in total. The molecular formula is C19H18F3N3O4. The second kappa shape index (κ2) is 8.00. The largest absolute Gasteiger partial charge is 0.497 e. The number of aliphatic hydroxyl groups is 1. The van der Waals surface area contributed by atoms with Crippen LogP contribution in [0.3, 0.4) is 0 Å². The molecule has 7 nitrogen and oxygen atoms in total. The van der Waals surface area contributed by atoms with E-state index in [0.29, 0.717) is 17.0 Å². The number of benzene rings is 2. The quantitative estimate of drug-likeness (QED) is 0.706. The van der Waals surface area contributed by atoms with E-state index in [0.717, 1.165) is 5.56 Å². The highest BCUT2D eigenvalue weighted by molar-refractivity contribution is 6.01. The molecule has 3 rings (SSSR count). The number of anilines is 1.